The van der Waals surface area contributed by atoms with Gasteiger partial charge in [0.1, 0.15) is 0 Å². The number of hydrogen-bond acceptors (Lipinski definition) is 2. The molecule has 3 aliphatic rings. The zero-order valence-electron chi connectivity index (χ0n) is 20.2. The van der Waals surface area contributed by atoms with Crippen LogP contribution < -0.4 is 0 Å². The Balaban J connectivity index is 0.00000320. The second kappa shape index (κ2) is 11.6. The average Bonchev–Trinajstić information content (AvgIpc) is 3.01. The minimum atomic E-state index is -0.484. The third-order valence-electron chi connectivity index (χ3n) is 8.66. The van der Waals surface area contributed by atoms with E-state index in [0.29, 0.717) is 18.3 Å². The molecule has 30 heavy (non-hydrogen) atoms. The summed E-state index contributed by atoms with van der Waals surface area (Å²) in [5, 5.41) is 20.4. The molecule has 0 aromatic rings. The van der Waals surface area contributed by atoms with Crippen molar-refractivity contribution >= 4 is 0 Å². The van der Waals surface area contributed by atoms with Gasteiger partial charge in [0.05, 0.1) is 0 Å². The summed E-state index contributed by atoms with van der Waals surface area (Å²) < 4.78 is 0. The van der Waals surface area contributed by atoms with Crippen molar-refractivity contribution in [1.82, 2.24) is 0 Å². The first-order valence-electron chi connectivity index (χ1n) is 12.3. The van der Waals surface area contributed by atoms with Crippen LogP contribution in [0.15, 0.2) is 23.3 Å². The van der Waals surface area contributed by atoms with Crippen molar-refractivity contribution in [3.63, 3.8) is 0 Å². The number of allylic oxidation sites excluding steroid dienone is 3. The van der Waals surface area contributed by atoms with E-state index in [0.717, 1.165) is 29.6 Å². The van der Waals surface area contributed by atoms with Crippen molar-refractivity contribution in [2.45, 2.75) is 111 Å². The molecule has 0 heterocycles. The second-order valence-corrected chi connectivity index (χ2v) is 11.1. The first kappa shape index (κ1) is 26.8. The maximum Gasteiger partial charge on any atom is 0 e. The molecule has 0 saturated heterocycles. The molecule has 3 heteroatoms. The van der Waals surface area contributed by atoms with Gasteiger partial charge >= 0.3 is 0 Å². The average molecular weight is 491 g/mol. The minimum absolute atomic E-state index is 0. The van der Waals surface area contributed by atoms with Crippen LogP contribution in [-0.4, -0.2) is 22.4 Å². The normalized spacial score (nSPS) is 37.2. The molecular formula is C27H45O2Y-. The summed E-state index contributed by atoms with van der Waals surface area (Å²) >= 11 is 0. The zero-order valence-corrected chi connectivity index (χ0v) is 23.0. The van der Waals surface area contributed by atoms with E-state index in [1.54, 1.807) is 5.57 Å². The van der Waals surface area contributed by atoms with Crippen molar-refractivity contribution in [3.05, 3.63) is 29.2 Å². The largest absolute Gasteiger partial charge is 0.424 e. The summed E-state index contributed by atoms with van der Waals surface area (Å²) in [4.78, 5) is 0. The van der Waals surface area contributed by atoms with E-state index in [4.69, 9.17) is 0 Å². The van der Waals surface area contributed by atoms with Gasteiger partial charge in [-0.1, -0.05) is 82.5 Å². The summed E-state index contributed by atoms with van der Waals surface area (Å²) in [5.41, 5.74) is 3.31. The number of aliphatic hydroxyl groups is 2. The molecule has 0 bridgehead atoms. The maximum atomic E-state index is 10.2. The molecule has 169 valence electrons. The van der Waals surface area contributed by atoms with Crippen molar-refractivity contribution in [1.29, 1.82) is 0 Å². The minimum Gasteiger partial charge on any atom is -0.424 e. The third-order valence-corrected chi connectivity index (χ3v) is 8.66. The molecule has 3 fully saturated rings. The molecule has 0 amide bonds. The fraction of sp³-hybridized carbons (Fsp3) is 0.815. The van der Waals surface area contributed by atoms with Crippen LogP contribution in [0.1, 0.15) is 98.8 Å². The van der Waals surface area contributed by atoms with Crippen LogP contribution in [0.5, 0.6) is 0 Å². The van der Waals surface area contributed by atoms with Crippen LogP contribution in [0.25, 0.3) is 0 Å². The number of hydrogen-bond donors (Lipinski definition) is 2. The van der Waals surface area contributed by atoms with E-state index in [9.17, 15) is 10.2 Å². The molecule has 1 radical (unpaired) electrons. The second-order valence-electron chi connectivity index (χ2n) is 11.1. The van der Waals surface area contributed by atoms with E-state index in [1.807, 2.05) is 6.92 Å². The summed E-state index contributed by atoms with van der Waals surface area (Å²) in [7, 11) is 0. The van der Waals surface area contributed by atoms with Crippen LogP contribution in [-0.2, 0) is 32.7 Å². The monoisotopic (exact) mass is 490 g/mol. The van der Waals surface area contributed by atoms with Gasteiger partial charge in [-0.3, -0.25) is 5.92 Å². The fourth-order valence-corrected chi connectivity index (χ4v) is 6.75. The smallest absolute Gasteiger partial charge is 0 e. The van der Waals surface area contributed by atoms with Crippen LogP contribution in [0.2, 0.25) is 0 Å². The molecule has 0 unspecified atom stereocenters. The molecule has 3 aliphatic carbocycles. The number of aliphatic hydroxyl groups excluding tert-OH is 2. The zero-order chi connectivity index (χ0) is 21.2. The van der Waals surface area contributed by atoms with E-state index in [-0.39, 0.29) is 32.7 Å². The Hall–Kier alpha value is 0.504. The Labute approximate surface area is 211 Å². The Morgan fingerprint density at radius 2 is 1.73 bits per heavy atom. The third kappa shape index (κ3) is 6.09. The van der Waals surface area contributed by atoms with Gasteiger partial charge in [0.15, 0.2) is 0 Å². The van der Waals surface area contributed by atoms with E-state index in [2.05, 4.69) is 39.8 Å². The summed E-state index contributed by atoms with van der Waals surface area (Å²) in [5.74, 6) is 4.09. The first-order valence-corrected chi connectivity index (χ1v) is 12.3. The molecule has 0 spiro atoms. The Kier molecular flexibility index (Phi) is 10.3. The molecule has 3 rings (SSSR count). The summed E-state index contributed by atoms with van der Waals surface area (Å²) in [6, 6.07) is 0. The quantitative estimate of drug-likeness (QED) is 0.411. The van der Waals surface area contributed by atoms with Crippen LogP contribution in [0.3, 0.4) is 0 Å². The molecule has 0 aromatic heterocycles. The van der Waals surface area contributed by atoms with Crippen molar-refractivity contribution < 1.29 is 42.9 Å². The van der Waals surface area contributed by atoms with Gasteiger partial charge in [-0.25, -0.2) is 0 Å². The molecule has 0 aliphatic heterocycles. The van der Waals surface area contributed by atoms with Gasteiger partial charge in [-0.2, -0.15) is 6.92 Å². The standard InChI is InChI=1S/C27H45O2.Y/c1-18(2)8-6-9-19(3)23-13-14-24-22(10-7-15-27(23,24)5)12-11-21-16-25(28)20(4)26(29)17-21;/h11-12,18-19,23-26,28-29H,6-10,13-17H2,1-5H3;/q-1;/b22-12+;/t19-,23+,24-,25+,26+,27+;/m0./s1. The molecule has 2 nitrogen and oxygen atoms in total. The Bertz CT molecular complexity index is 596. The number of rotatable bonds is 6. The molecular weight excluding hydrogens is 445 g/mol. The number of fused-ring (bicyclic) bond motifs is 1. The Morgan fingerprint density at radius 1 is 1.07 bits per heavy atom. The molecule has 3 saturated carbocycles. The van der Waals surface area contributed by atoms with E-state index < -0.39 is 12.2 Å². The van der Waals surface area contributed by atoms with Gasteiger partial charge in [0.25, 0.3) is 0 Å². The van der Waals surface area contributed by atoms with Gasteiger partial charge in [0.2, 0.25) is 0 Å². The van der Waals surface area contributed by atoms with Crippen molar-refractivity contribution in [2.24, 2.45) is 29.1 Å². The van der Waals surface area contributed by atoms with Gasteiger partial charge in [0, 0.05) is 32.7 Å². The van der Waals surface area contributed by atoms with E-state index in [1.165, 1.54) is 56.9 Å². The van der Waals surface area contributed by atoms with Crippen molar-refractivity contribution in [3.8, 4) is 0 Å². The molecule has 0 aromatic carbocycles. The van der Waals surface area contributed by atoms with Gasteiger partial charge in [-0.15, -0.1) is 0 Å². The van der Waals surface area contributed by atoms with Crippen molar-refractivity contribution in [2.75, 3.05) is 0 Å². The topological polar surface area (TPSA) is 40.5 Å². The summed E-state index contributed by atoms with van der Waals surface area (Å²) in [6.07, 6.45) is 15.8. The Morgan fingerprint density at radius 3 is 2.37 bits per heavy atom. The van der Waals surface area contributed by atoms with Crippen LogP contribution >= 0.6 is 0 Å². The molecule has 2 N–H and O–H groups in total. The first-order chi connectivity index (χ1) is 13.7. The van der Waals surface area contributed by atoms with Crippen LogP contribution in [0, 0.1) is 35.0 Å². The van der Waals surface area contributed by atoms with Gasteiger partial charge < -0.3 is 10.2 Å². The van der Waals surface area contributed by atoms with Crippen LogP contribution in [0.4, 0.5) is 0 Å². The molecule has 6 atom stereocenters. The SMILES string of the molecule is C[C-]1[C@H](O)CC(=C/C=C2\CCC[C@]3(C)[C@@H]([C@@H](C)CCCC(C)C)CC[C@@H]23)C[C@H]1O.[Y]. The fourth-order valence-electron chi connectivity index (χ4n) is 6.75. The predicted octanol–water partition coefficient (Wildman–Crippen LogP) is 6.63. The summed E-state index contributed by atoms with van der Waals surface area (Å²) in [6.45, 7) is 11.7. The predicted molar refractivity (Wildman–Crippen MR) is 122 cm³/mol. The van der Waals surface area contributed by atoms with E-state index >= 15 is 0 Å². The van der Waals surface area contributed by atoms with Gasteiger partial charge in [-0.05, 0) is 74.0 Å². The maximum absolute atomic E-state index is 10.2.